The number of hydrogen-bond donors (Lipinski definition) is 1. The highest BCUT2D eigenvalue weighted by molar-refractivity contribution is 6.51. The number of ether oxygens (including phenoxy) is 1. The number of methoxy groups -OCH3 is 1. The Bertz CT molecular complexity index is 1250. The van der Waals surface area contributed by atoms with Gasteiger partial charge >= 0.3 is 0 Å². The number of carbonyl (C=O) groups is 2. The minimum absolute atomic E-state index is 0.0603. The Morgan fingerprint density at radius 3 is 2.30 bits per heavy atom. The summed E-state index contributed by atoms with van der Waals surface area (Å²) in [6, 6.07) is 16.8. The van der Waals surface area contributed by atoms with Crippen LogP contribution in [0.5, 0.6) is 5.75 Å². The Morgan fingerprint density at radius 2 is 1.73 bits per heavy atom. The number of Topliss-reactive ketones (excluding diaryl/α,β-unsaturated/α-hetero) is 1. The summed E-state index contributed by atoms with van der Waals surface area (Å²) in [6.45, 7) is 2.02. The van der Waals surface area contributed by atoms with Crippen molar-refractivity contribution in [3.63, 3.8) is 0 Å². The van der Waals surface area contributed by atoms with Gasteiger partial charge in [-0.05, 0) is 60.0 Å². The Balaban J connectivity index is 1.92. The van der Waals surface area contributed by atoms with Crippen LogP contribution in [-0.2, 0) is 16.0 Å². The minimum atomic E-state index is -0.917. The van der Waals surface area contributed by atoms with Gasteiger partial charge in [-0.3, -0.25) is 14.5 Å². The second-order valence-electron chi connectivity index (χ2n) is 7.59. The first-order valence-corrected chi connectivity index (χ1v) is 10.7. The van der Waals surface area contributed by atoms with E-state index in [4.69, 9.17) is 16.3 Å². The van der Waals surface area contributed by atoms with Crippen LogP contribution in [-0.4, -0.2) is 23.9 Å². The molecular weight excluding hydrogens is 445 g/mol. The van der Waals surface area contributed by atoms with Crippen molar-refractivity contribution in [1.82, 2.24) is 0 Å². The van der Waals surface area contributed by atoms with Gasteiger partial charge in [0.1, 0.15) is 17.3 Å². The highest BCUT2D eigenvalue weighted by atomic mass is 35.5. The molecule has 0 radical (unpaired) electrons. The lowest BCUT2D eigenvalue weighted by Gasteiger charge is -2.26. The molecule has 5 nitrogen and oxygen atoms in total. The number of aliphatic hydroxyl groups is 1. The summed E-state index contributed by atoms with van der Waals surface area (Å²) in [5, 5.41) is 10.9. The lowest BCUT2D eigenvalue weighted by molar-refractivity contribution is -0.132. The zero-order chi connectivity index (χ0) is 23.7. The van der Waals surface area contributed by atoms with Gasteiger partial charge in [-0.2, -0.15) is 0 Å². The van der Waals surface area contributed by atoms with Crippen molar-refractivity contribution in [2.75, 3.05) is 12.0 Å². The number of anilines is 1. The number of halogens is 2. The summed E-state index contributed by atoms with van der Waals surface area (Å²) in [7, 11) is 1.52. The maximum atomic E-state index is 13.8. The number of aliphatic hydroxyl groups excluding tert-OH is 1. The Labute approximate surface area is 195 Å². The molecule has 3 aromatic rings. The Morgan fingerprint density at radius 1 is 1.06 bits per heavy atom. The number of hydrogen-bond acceptors (Lipinski definition) is 4. The van der Waals surface area contributed by atoms with Crippen LogP contribution in [0.4, 0.5) is 10.1 Å². The van der Waals surface area contributed by atoms with E-state index in [9.17, 15) is 19.1 Å². The fourth-order valence-corrected chi connectivity index (χ4v) is 4.06. The second-order valence-corrected chi connectivity index (χ2v) is 8.00. The van der Waals surface area contributed by atoms with Crippen LogP contribution in [0.25, 0.3) is 5.76 Å². The smallest absolute Gasteiger partial charge is 0.300 e. The van der Waals surface area contributed by atoms with E-state index in [1.807, 2.05) is 31.2 Å². The molecule has 0 aliphatic carbocycles. The van der Waals surface area contributed by atoms with Crippen molar-refractivity contribution in [1.29, 1.82) is 0 Å². The van der Waals surface area contributed by atoms with Gasteiger partial charge in [0.15, 0.2) is 0 Å². The number of ketones is 1. The average molecular weight is 466 g/mol. The number of benzene rings is 3. The molecule has 1 heterocycles. The van der Waals surface area contributed by atoms with Crippen molar-refractivity contribution < 1.29 is 23.8 Å². The summed E-state index contributed by atoms with van der Waals surface area (Å²) >= 11 is 5.96. The highest BCUT2D eigenvalue weighted by Gasteiger charge is 2.47. The molecule has 1 unspecified atom stereocenters. The summed E-state index contributed by atoms with van der Waals surface area (Å²) in [5.74, 6) is -2.04. The molecule has 3 aromatic carbocycles. The summed E-state index contributed by atoms with van der Waals surface area (Å²) in [6.07, 6.45) is 0.819. The number of aryl methyl sites for hydroxylation is 1. The standard InChI is InChI=1S/C26H21ClFNO4/c1-3-15-4-6-16(7-5-15)23-22(24(30)17-8-11-19(33-2)12-9-17)25(31)26(32)29(23)18-10-13-21(28)20(27)14-18/h4-14,23,30H,3H2,1-2H3/b24-22+. The van der Waals surface area contributed by atoms with Crippen LogP contribution in [0.15, 0.2) is 72.3 Å². The first-order valence-electron chi connectivity index (χ1n) is 10.3. The third-order valence-corrected chi connectivity index (χ3v) is 5.98. The van der Waals surface area contributed by atoms with Gasteiger partial charge in [-0.1, -0.05) is 42.8 Å². The molecule has 4 rings (SSSR count). The number of carbonyl (C=O) groups excluding carboxylic acids is 2. The fourth-order valence-electron chi connectivity index (χ4n) is 3.89. The van der Waals surface area contributed by atoms with Gasteiger partial charge in [0.25, 0.3) is 11.7 Å². The topological polar surface area (TPSA) is 66.8 Å². The van der Waals surface area contributed by atoms with Crippen LogP contribution < -0.4 is 9.64 Å². The van der Waals surface area contributed by atoms with E-state index >= 15 is 0 Å². The van der Waals surface area contributed by atoms with E-state index in [0.717, 1.165) is 18.1 Å². The normalized spacial score (nSPS) is 17.5. The van der Waals surface area contributed by atoms with E-state index in [0.29, 0.717) is 16.9 Å². The molecule has 7 heteroatoms. The van der Waals surface area contributed by atoms with Crippen molar-refractivity contribution in [2.45, 2.75) is 19.4 Å². The summed E-state index contributed by atoms with van der Waals surface area (Å²) in [4.78, 5) is 27.5. The van der Waals surface area contributed by atoms with Crippen LogP contribution in [0.1, 0.15) is 29.7 Å². The second kappa shape index (κ2) is 9.08. The molecular formula is C26H21ClFNO4. The number of rotatable bonds is 5. The number of amides is 1. The molecule has 0 bridgehead atoms. The molecule has 0 spiro atoms. The molecule has 0 aromatic heterocycles. The molecule has 33 heavy (non-hydrogen) atoms. The summed E-state index contributed by atoms with van der Waals surface area (Å²) in [5.41, 5.74) is 2.26. The Hall–Kier alpha value is -3.64. The predicted molar refractivity (Wildman–Crippen MR) is 125 cm³/mol. The first kappa shape index (κ1) is 22.6. The Kier molecular flexibility index (Phi) is 6.20. The molecule has 1 aliphatic rings. The van der Waals surface area contributed by atoms with E-state index in [-0.39, 0.29) is 22.0 Å². The zero-order valence-corrected chi connectivity index (χ0v) is 18.8. The molecule has 1 aliphatic heterocycles. The largest absolute Gasteiger partial charge is 0.507 e. The quantitative estimate of drug-likeness (QED) is 0.299. The van der Waals surface area contributed by atoms with Gasteiger partial charge in [0, 0.05) is 11.3 Å². The van der Waals surface area contributed by atoms with Crippen LogP contribution in [0.3, 0.4) is 0 Å². The van der Waals surface area contributed by atoms with Crippen LogP contribution in [0, 0.1) is 5.82 Å². The lowest BCUT2D eigenvalue weighted by Crippen LogP contribution is -2.29. The third-order valence-electron chi connectivity index (χ3n) is 5.69. The van der Waals surface area contributed by atoms with E-state index in [1.54, 1.807) is 24.3 Å². The van der Waals surface area contributed by atoms with E-state index in [2.05, 4.69) is 0 Å². The van der Waals surface area contributed by atoms with Gasteiger partial charge in [0.2, 0.25) is 0 Å². The van der Waals surface area contributed by atoms with Gasteiger partial charge < -0.3 is 9.84 Å². The van der Waals surface area contributed by atoms with Crippen molar-refractivity contribution in [3.8, 4) is 5.75 Å². The third kappa shape index (κ3) is 4.10. The molecule has 1 N–H and O–H groups in total. The maximum absolute atomic E-state index is 13.8. The van der Waals surface area contributed by atoms with Crippen molar-refractivity contribution in [3.05, 3.63) is 99.8 Å². The van der Waals surface area contributed by atoms with Crippen molar-refractivity contribution >= 4 is 34.7 Å². The molecule has 0 saturated carbocycles. The summed E-state index contributed by atoms with van der Waals surface area (Å²) < 4.78 is 18.9. The SMILES string of the molecule is CCc1ccc(C2/C(=C(\O)c3ccc(OC)cc3)C(=O)C(=O)N2c2ccc(F)c(Cl)c2)cc1. The number of nitrogens with zero attached hydrogens (tertiary/aromatic N) is 1. The highest BCUT2D eigenvalue weighted by Crippen LogP contribution is 2.43. The van der Waals surface area contributed by atoms with Gasteiger partial charge in [-0.15, -0.1) is 0 Å². The lowest BCUT2D eigenvalue weighted by atomic mass is 9.94. The molecule has 1 saturated heterocycles. The monoisotopic (exact) mass is 465 g/mol. The fraction of sp³-hybridized carbons (Fsp3) is 0.154. The minimum Gasteiger partial charge on any atom is -0.507 e. The van der Waals surface area contributed by atoms with Gasteiger partial charge in [-0.25, -0.2) is 4.39 Å². The predicted octanol–water partition coefficient (Wildman–Crippen LogP) is 5.68. The molecule has 1 amide bonds. The molecule has 168 valence electrons. The molecule has 1 atom stereocenters. The molecule has 1 fully saturated rings. The van der Waals surface area contributed by atoms with E-state index in [1.165, 1.54) is 24.1 Å². The van der Waals surface area contributed by atoms with Crippen LogP contribution in [0.2, 0.25) is 5.02 Å². The van der Waals surface area contributed by atoms with E-state index < -0.39 is 23.5 Å². The first-order chi connectivity index (χ1) is 15.8. The van der Waals surface area contributed by atoms with Gasteiger partial charge in [0.05, 0.1) is 23.7 Å². The zero-order valence-electron chi connectivity index (χ0n) is 18.0. The van der Waals surface area contributed by atoms with Crippen molar-refractivity contribution in [2.24, 2.45) is 0 Å². The van der Waals surface area contributed by atoms with Crippen LogP contribution >= 0.6 is 11.6 Å². The maximum Gasteiger partial charge on any atom is 0.300 e. The average Bonchev–Trinajstić information content (AvgIpc) is 3.11.